The molecule has 25 heavy (non-hydrogen) atoms. The molecule has 0 radical (unpaired) electrons. The average molecular weight is 330 g/mol. The van der Waals surface area contributed by atoms with E-state index < -0.39 is 0 Å². The molecule has 2 aromatic carbocycles. The van der Waals surface area contributed by atoms with E-state index in [0.29, 0.717) is 5.56 Å². The number of imidazole rings is 1. The molecule has 0 bridgehead atoms. The van der Waals surface area contributed by atoms with E-state index in [0.717, 1.165) is 28.0 Å². The molecule has 124 valence electrons. The monoisotopic (exact) mass is 330 g/mol. The topological polar surface area (TPSA) is 62.7 Å². The molecular formula is C20H18N4O. The average Bonchev–Trinajstić information content (AvgIpc) is 3.25. The highest BCUT2D eigenvalue weighted by atomic mass is 16.1. The molecule has 0 fully saturated rings. The number of rotatable bonds is 3. The van der Waals surface area contributed by atoms with Gasteiger partial charge in [0.2, 0.25) is 0 Å². The third-order valence-electron chi connectivity index (χ3n) is 4.50. The van der Waals surface area contributed by atoms with Gasteiger partial charge in [-0.1, -0.05) is 0 Å². The number of aryl methyl sites for hydroxylation is 2. The van der Waals surface area contributed by atoms with Crippen molar-refractivity contribution in [3.05, 3.63) is 78.0 Å². The predicted octanol–water partition coefficient (Wildman–Crippen LogP) is 4.22. The SMILES string of the molecule is Cc1[nH]c2ccc(C(=O)Nc3ccc(-n4ccnc4)cc3)cc2c1C. The molecule has 0 unspecified atom stereocenters. The summed E-state index contributed by atoms with van der Waals surface area (Å²) in [6.07, 6.45) is 5.35. The number of carbonyl (C=O) groups excluding carboxylic acids is 1. The number of amides is 1. The van der Waals surface area contributed by atoms with Gasteiger partial charge in [0, 0.05) is 45.9 Å². The normalized spacial score (nSPS) is 11.0. The van der Waals surface area contributed by atoms with Gasteiger partial charge >= 0.3 is 0 Å². The minimum atomic E-state index is -0.115. The standard InChI is InChI=1S/C20H18N4O/c1-13-14(2)22-19-8-3-15(11-18(13)19)20(25)23-16-4-6-17(7-5-16)24-10-9-21-12-24/h3-12,22H,1-2H3,(H,23,25). The van der Waals surface area contributed by atoms with E-state index >= 15 is 0 Å². The molecule has 0 aliphatic heterocycles. The fourth-order valence-electron chi connectivity index (χ4n) is 2.93. The van der Waals surface area contributed by atoms with Crippen molar-refractivity contribution in [2.75, 3.05) is 5.32 Å². The number of benzene rings is 2. The van der Waals surface area contributed by atoms with E-state index in [9.17, 15) is 4.79 Å². The van der Waals surface area contributed by atoms with Gasteiger partial charge in [0.1, 0.15) is 0 Å². The van der Waals surface area contributed by atoms with Crippen LogP contribution in [-0.4, -0.2) is 20.4 Å². The zero-order chi connectivity index (χ0) is 17.4. The van der Waals surface area contributed by atoms with Gasteiger partial charge in [0.25, 0.3) is 5.91 Å². The number of nitrogens with zero attached hydrogens (tertiary/aromatic N) is 2. The molecule has 0 aliphatic carbocycles. The Labute approximate surface area is 145 Å². The third kappa shape index (κ3) is 2.80. The lowest BCUT2D eigenvalue weighted by atomic mass is 10.1. The fourth-order valence-corrected chi connectivity index (χ4v) is 2.93. The lowest BCUT2D eigenvalue weighted by molar-refractivity contribution is 0.102. The summed E-state index contributed by atoms with van der Waals surface area (Å²) in [4.78, 5) is 19.9. The van der Waals surface area contributed by atoms with Crippen LogP contribution in [0.4, 0.5) is 5.69 Å². The maximum absolute atomic E-state index is 12.6. The summed E-state index contributed by atoms with van der Waals surface area (Å²) in [5, 5.41) is 4.03. The highest BCUT2D eigenvalue weighted by Gasteiger charge is 2.10. The predicted molar refractivity (Wildman–Crippen MR) is 99.3 cm³/mol. The maximum Gasteiger partial charge on any atom is 0.255 e. The van der Waals surface area contributed by atoms with Gasteiger partial charge in [0.05, 0.1) is 6.33 Å². The lowest BCUT2D eigenvalue weighted by Gasteiger charge is -2.07. The number of fused-ring (bicyclic) bond motifs is 1. The number of anilines is 1. The molecule has 0 atom stereocenters. The quantitative estimate of drug-likeness (QED) is 0.591. The Morgan fingerprint density at radius 3 is 2.64 bits per heavy atom. The van der Waals surface area contributed by atoms with Gasteiger partial charge in [-0.2, -0.15) is 0 Å². The van der Waals surface area contributed by atoms with E-state index in [1.165, 1.54) is 5.56 Å². The molecule has 4 aromatic rings. The summed E-state index contributed by atoms with van der Waals surface area (Å²) >= 11 is 0. The van der Waals surface area contributed by atoms with Gasteiger partial charge in [0.15, 0.2) is 0 Å². The van der Waals surface area contributed by atoms with Crippen LogP contribution in [0.1, 0.15) is 21.6 Å². The van der Waals surface area contributed by atoms with E-state index in [1.54, 1.807) is 12.5 Å². The summed E-state index contributed by atoms with van der Waals surface area (Å²) in [5.74, 6) is -0.115. The van der Waals surface area contributed by atoms with Crippen molar-refractivity contribution >= 4 is 22.5 Å². The van der Waals surface area contributed by atoms with Crippen molar-refractivity contribution < 1.29 is 4.79 Å². The Hall–Kier alpha value is -3.34. The summed E-state index contributed by atoms with van der Waals surface area (Å²) < 4.78 is 1.91. The highest BCUT2D eigenvalue weighted by Crippen LogP contribution is 2.23. The number of nitrogens with one attached hydrogen (secondary N) is 2. The van der Waals surface area contributed by atoms with E-state index in [4.69, 9.17) is 0 Å². The van der Waals surface area contributed by atoms with E-state index in [2.05, 4.69) is 22.2 Å². The summed E-state index contributed by atoms with van der Waals surface area (Å²) in [6, 6.07) is 13.4. The third-order valence-corrected chi connectivity index (χ3v) is 4.50. The second-order valence-corrected chi connectivity index (χ2v) is 6.11. The molecule has 5 nitrogen and oxygen atoms in total. The lowest BCUT2D eigenvalue weighted by Crippen LogP contribution is -2.11. The number of hydrogen-bond acceptors (Lipinski definition) is 2. The van der Waals surface area contributed by atoms with Crippen molar-refractivity contribution in [1.82, 2.24) is 14.5 Å². The van der Waals surface area contributed by atoms with Gasteiger partial charge < -0.3 is 14.9 Å². The number of H-pyrrole nitrogens is 1. The second kappa shape index (κ2) is 5.94. The molecule has 2 heterocycles. The van der Waals surface area contributed by atoms with Crippen molar-refractivity contribution in [2.45, 2.75) is 13.8 Å². The Morgan fingerprint density at radius 1 is 1.12 bits per heavy atom. The molecule has 0 saturated carbocycles. The van der Waals surface area contributed by atoms with Crippen LogP contribution in [0.25, 0.3) is 16.6 Å². The van der Waals surface area contributed by atoms with Crippen LogP contribution >= 0.6 is 0 Å². The molecule has 1 amide bonds. The molecule has 0 aliphatic rings. The number of aromatic amines is 1. The summed E-state index contributed by atoms with van der Waals surface area (Å²) in [5.41, 5.74) is 5.76. The van der Waals surface area contributed by atoms with Crippen molar-refractivity contribution in [2.24, 2.45) is 0 Å². The van der Waals surface area contributed by atoms with Crippen LogP contribution < -0.4 is 5.32 Å². The highest BCUT2D eigenvalue weighted by molar-refractivity contribution is 6.06. The minimum Gasteiger partial charge on any atom is -0.358 e. The first-order valence-electron chi connectivity index (χ1n) is 8.10. The van der Waals surface area contributed by atoms with Crippen LogP contribution in [0, 0.1) is 13.8 Å². The van der Waals surface area contributed by atoms with Crippen molar-refractivity contribution in [1.29, 1.82) is 0 Å². The number of carbonyl (C=O) groups is 1. The molecule has 0 saturated heterocycles. The smallest absolute Gasteiger partial charge is 0.255 e. The van der Waals surface area contributed by atoms with Gasteiger partial charge in [-0.3, -0.25) is 4.79 Å². The Kier molecular flexibility index (Phi) is 3.61. The first kappa shape index (κ1) is 15.2. The van der Waals surface area contributed by atoms with Gasteiger partial charge in [-0.05, 0) is 61.9 Å². The Bertz CT molecular complexity index is 1040. The summed E-state index contributed by atoms with van der Waals surface area (Å²) in [7, 11) is 0. The van der Waals surface area contributed by atoms with Crippen LogP contribution in [0.15, 0.2) is 61.2 Å². The minimum absolute atomic E-state index is 0.115. The molecule has 2 N–H and O–H groups in total. The van der Waals surface area contributed by atoms with Crippen molar-refractivity contribution in [3.63, 3.8) is 0 Å². The summed E-state index contributed by atoms with van der Waals surface area (Å²) in [6.45, 7) is 4.10. The molecule has 0 spiro atoms. The maximum atomic E-state index is 12.6. The van der Waals surface area contributed by atoms with Crippen LogP contribution in [-0.2, 0) is 0 Å². The fraction of sp³-hybridized carbons (Fsp3) is 0.100. The molecular weight excluding hydrogens is 312 g/mol. The first-order valence-corrected chi connectivity index (χ1v) is 8.10. The molecule has 5 heteroatoms. The Morgan fingerprint density at radius 2 is 1.92 bits per heavy atom. The second-order valence-electron chi connectivity index (χ2n) is 6.11. The van der Waals surface area contributed by atoms with Crippen LogP contribution in [0.2, 0.25) is 0 Å². The first-order chi connectivity index (χ1) is 12.1. The molecule has 2 aromatic heterocycles. The largest absolute Gasteiger partial charge is 0.358 e. The number of hydrogen-bond donors (Lipinski definition) is 2. The molecule has 4 rings (SSSR count). The van der Waals surface area contributed by atoms with E-state index in [1.807, 2.05) is 60.2 Å². The Balaban J connectivity index is 1.56. The van der Waals surface area contributed by atoms with Gasteiger partial charge in [-0.25, -0.2) is 4.98 Å². The van der Waals surface area contributed by atoms with Gasteiger partial charge in [-0.15, -0.1) is 0 Å². The van der Waals surface area contributed by atoms with Crippen molar-refractivity contribution in [3.8, 4) is 5.69 Å². The van der Waals surface area contributed by atoms with Crippen LogP contribution in [0.3, 0.4) is 0 Å². The zero-order valence-corrected chi connectivity index (χ0v) is 14.1. The zero-order valence-electron chi connectivity index (χ0n) is 14.1. The number of aromatic nitrogens is 3. The van der Waals surface area contributed by atoms with E-state index in [-0.39, 0.29) is 5.91 Å². The van der Waals surface area contributed by atoms with Crippen LogP contribution in [0.5, 0.6) is 0 Å².